The zero-order valence-electron chi connectivity index (χ0n) is 40.8. The van der Waals surface area contributed by atoms with E-state index in [1.165, 1.54) is 148 Å². The van der Waals surface area contributed by atoms with E-state index in [9.17, 15) is 19.8 Å². The lowest BCUT2D eigenvalue weighted by molar-refractivity contribution is -0.143. The molecule has 0 aromatic rings. The van der Waals surface area contributed by atoms with Gasteiger partial charge < -0.3 is 20.3 Å². The molecule has 0 aromatic heterocycles. The van der Waals surface area contributed by atoms with Crippen LogP contribution in [0.2, 0.25) is 0 Å². The van der Waals surface area contributed by atoms with Crippen LogP contribution in [-0.2, 0) is 14.3 Å². The lowest BCUT2D eigenvalue weighted by Crippen LogP contribution is -2.45. The Kier molecular flexibility index (Phi) is 49.2. The van der Waals surface area contributed by atoms with Gasteiger partial charge in [-0.3, -0.25) is 9.59 Å². The standard InChI is InChI=1S/C56H101NO5/c1-3-5-7-9-11-13-15-16-17-18-19-20-23-26-30-34-38-42-46-50-56(61)62-51-47-43-39-35-31-27-24-21-22-25-29-33-37-41-45-49-55(60)57-53(52-58)54(59)48-44-40-36-32-28-14-12-10-8-6-4-2/h11,13,16-17,21,24,27,31,44,48,53-54,58-59H,3-10,12,14-15,18-20,22-23,25-26,28-30,32-43,45-47,49-52H2,1-2H3,(H,57,60)/b13-11-,17-16-,24-21-,31-27-,48-44+. The van der Waals surface area contributed by atoms with Gasteiger partial charge in [0.25, 0.3) is 0 Å². The molecule has 0 fully saturated rings. The maximum atomic E-state index is 12.4. The number of carbonyl (C=O) groups is 2. The predicted octanol–water partition coefficient (Wildman–Crippen LogP) is 16.0. The molecule has 6 heteroatoms. The van der Waals surface area contributed by atoms with Crippen molar-refractivity contribution in [1.82, 2.24) is 5.32 Å². The largest absolute Gasteiger partial charge is 0.466 e. The number of nitrogens with one attached hydrogen (secondary N) is 1. The monoisotopic (exact) mass is 868 g/mol. The second-order valence-corrected chi connectivity index (χ2v) is 17.9. The highest BCUT2D eigenvalue weighted by molar-refractivity contribution is 5.76. The predicted molar refractivity (Wildman–Crippen MR) is 268 cm³/mol. The third-order valence-electron chi connectivity index (χ3n) is 11.8. The van der Waals surface area contributed by atoms with Crippen molar-refractivity contribution in [3.8, 4) is 0 Å². The SMILES string of the molecule is CCCCC/C=C\C/C=C\CCCCCCCCCCCC(=O)OCCCCC/C=C\C=C/CCCCCCCCC(=O)NC(CO)C(O)/C=C/CCCCCCCCCCC. The number of esters is 1. The molecule has 0 aromatic carbocycles. The van der Waals surface area contributed by atoms with Crippen LogP contribution in [0.25, 0.3) is 0 Å². The molecule has 0 saturated heterocycles. The van der Waals surface area contributed by atoms with Crippen LogP contribution in [0.4, 0.5) is 0 Å². The van der Waals surface area contributed by atoms with E-state index < -0.39 is 12.1 Å². The number of rotatable bonds is 48. The summed E-state index contributed by atoms with van der Waals surface area (Å²) in [4.78, 5) is 24.4. The Bertz CT molecular complexity index is 1090. The molecule has 0 heterocycles. The van der Waals surface area contributed by atoms with Crippen molar-refractivity contribution >= 4 is 11.9 Å². The average molecular weight is 868 g/mol. The van der Waals surface area contributed by atoms with E-state index in [-0.39, 0.29) is 18.5 Å². The van der Waals surface area contributed by atoms with Crippen LogP contribution >= 0.6 is 0 Å². The van der Waals surface area contributed by atoms with Crippen molar-refractivity contribution < 1.29 is 24.5 Å². The molecule has 2 atom stereocenters. The minimum Gasteiger partial charge on any atom is -0.466 e. The van der Waals surface area contributed by atoms with E-state index in [1.54, 1.807) is 6.08 Å². The van der Waals surface area contributed by atoms with Gasteiger partial charge in [0.15, 0.2) is 0 Å². The first-order valence-electron chi connectivity index (χ1n) is 26.6. The fraction of sp³-hybridized carbons (Fsp3) is 0.786. The van der Waals surface area contributed by atoms with Gasteiger partial charge in [-0.05, 0) is 96.3 Å². The normalized spacial score (nSPS) is 13.2. The molecule has 0 aliphatic heterocycles. The maximum Gasteiger partial charge on any atom is 0.305 e. The first-order chi connectivity index (χ1) is 30.5. The van der Waals surface area contributed by atoms with Crippen molar-refractivity contribution in [3.05, 3.63) is 60.8 Å². The van der Waals surface area contributed by atoms with Crippen molar-refractivity contribution in [1.29, 1.82) is 0 Å². The van der Waals surface area contributed by atoms with Crippen LogP contribution in [0, 0.1) is 0 Å². The molecule has 6 nitrogen and oxygen atoms in total. The Morgan fingerprint density at radius 1 is 0.468 bits per heavy atom. The maximum absolute atomic E-state index is 12.4. The van der Waals surface area contributed by atoms with Crippen LogP contribution in [0.15, 0.2) is 60.8 Å². The molecule has 0 spiro atoms. The summed E-state index contributed by atoms with van der Waals surface area (Å²) in [6.07, 6.45) is 65.1. The van der Waals surface area contributed by atoms with Crippen LogP contribution < -0.4 is 5.32 Å². The van der Waals surface area contributed by atoms with E-state index in [2.05, 4.69) is 67.8 Å². The van der Waals surface area contributed by atoms with Gasteiger partial charge in [0.1, 0.15) is 0 Å². The second kappa shape index (κ2) is 51.2. The molecule has 0 saturated carbocycles. The highest BCUT2D eigenvalue weighted by atomic mass is 16.5. The first kappa shape index (κ1) is 59.6. The first-order valence-corrected chi connectivity index (χ1v) is 26.6. The molecule has 360 valence electrons. The number of hydrogen-bond donors (Lipinski definition) is 3. The van der Waals surface area contributed by atoms with Gasteiger partial charge in [0.2, 0.25) is 5.91 Å². The fourth-order valence-corrected chi connectivity index (χ4v) is 7.65. The topological polar surface area (TPSA) is 95.9 Å². The summed E-state index contributed by atoms with van der Waals surface area (Å²) in [5.74, 6) is -0.122. The van der Waals surface area contributed by atoms with Crippen LogP contribution in [0.5, 0.6) is 0 Å². The molecular formula is C56H101NO5. The molecule has 0 rings (SSSR count). The van der Waals surface area contributed by atoms with Gasteiger partial charge >= 0.3 is 5.97 Å². The van der Waals surface area contributed by atoms with Crippen molar-refractivity contribution in [2.75, 3.05) is 13.2 Å². The lowest BCUT2D eigenvalue weighted by Gasteiger charge is -2.20. The third kappa shape index (κ3) is 47.0. The average Bonchev–Trinajstić information content (AvgIpc) is 3.27. The zero-order valence-corrected chi connectivity index (χ0v) is 40.8. The Morgan fingerprint density at radius 3 is 1.35 bits per heavy atom. The molecule has 2 unspecified atom stereocenters. The Hall–Kier alpha value is -2.44. The number of unbranched alkanes of at least 4 members (excludes halogenated alkanes) is 30. The molecule has 0 radical (unpaired) electrons. The van der Waals surface area contributed by atoms with Gasteiger partial charge in [-0.1, -0.05) is 209 Å². The summed E-state index contributed by atoms with van der Waals surface area (Å²) < 4.78 is 5.45. The second-order valence-electron chi connectivity index (χ2n) is 17.9. The van der Waals surface area contributed by atoms with E-state index in [0.717, 1.165) is 83.5 Å². The third-order valence-corrected chi connectivity index (χ3v) is 11.8. The molecule has 0 bridgehead atoms. The van der Waals surface area contributed by atoms with E-state index >= 15 is 0 Å². The summed E-state index contributed by atoms with van der Waals surface area (Å²) in [5.41, 5.74) is 0. The molecule has 0 aliphatic rings. The summed E-state index contributed by atoms with van der Waals surface area (Å²) in [5, 5.41) is 22.9. The number of hydrogen-bond acceptors (Lipinski definition) is 5. The van der Waals surface area contributed by atoms with Gasteiger partial charge in [-0.25, -0.2) is 0 Å². The van der Waals surface area contributed by atoms with Crippen LogP contribution in [-0.4, -0.2) is 47.4 Å². The minimum atomic E-state index is -0.859. The van der Waals surface area contributed by atoms with Gasteiger partial charge in [-0.2, -0.15) is 0 Å². The number of allylic oxidation sites excluding steroid dienone is 9. The fourth-order valence-electron chi connectivity index (χ4n) is 7.65. The number of amides is 1. The number of carbonyl (C=O) groups excluding carboxylic acids is 2. The number of aliphatic hydroxyl groups is 2. The minimum absolute atomic E-state index is 0.0279. The van der Waals surface area contributed by atoms with E-state index in [4.69, 9.17) is 4.74 Å². The summed E-state index contributed by atoms with van der Waals surface area (Å²) in [6, 6.07) is -0.644. The smallest absolute Gasteiger partial charge is 0.305 e. The van der Waals surface area contributed by atoms with Crippen molar-refractivity contribution in [2.45, 2.75) is 270 Å². The lowest BCUT2D eigenvalue weighted by atomic mass is 10.1. The van der Waals surface area contributed by atoms with E-state index in [1.807, 2.05) is 6.08 Å². The Labute approximate surface area is 384 Å². The van der Waals surface area contributed by atoms with Gasteiger partial charge in [-0.15, -0.1) is 0 Å². The van der Waals surface area contributed by atoms with Crippen molar-refractivity contribution in [3.63, 3.8) is 0 Å². The highest BCUT2D eigenvalue weighted by Crippen LogP contribution is 2.14. The summed E-state index contributed by atoms with van der Waals surface area (Å²) in [6.45, 7) is 4.79. The van der Waals surface area contributed by atoms with Crippen LogP contribution in [0.3, 0.4) is 0 Å². The van der Waals surface area contributed by atoms with Gasteiger partial charge in [0, 0.05) is 12.8 Å². The Balaban J connectivity index is 3.53. The highest BCUT2D eigenvalue weighted by Gasteiger charge is 2.18. The molecule has 3 N–H and O–H groups in total. The molecule has 1 amide bonds. The molecular weight excluding hydrogens is 767 g/mol. The Morgan fingerprint density at radius 2 is 0.855 bits per heavy atom. The quantitative estimate of drug-likeness (QED) is 0.0245. The van der Waals surface area contributed by atoms with Crippen LogP contribution in [0.1, 0.15) is 258 Å². The molecule has 0 aliphatic carbocycles. The summed E-state index contributed by atoms with van der Waals surface area (Å²) in [7, 11) is 0. The number of ether oxygens (including phenoxy) is 1. The number of aliphatic hydroxyl groups excluding tert-OH is 2. The van der Waals surface area contributed by atoms with Gasteiger partial charge in [0.05, 0.1) is 25.4 Å². The zero-order chi connectivity index (χ0) is 45.1. The molecule has 62 heavy (non-hydrogen) atoms. The van der Waals surface area contributed by atoms with E-state index in [0.29, 0.717) is 19.4 Å². The van der Waals surface area contributed by atoms with Crippen molar-refractivity contribution in [2.24, 2.45) is 0 Å². The summed E-state index contributed by atoms with van der Waals surface area (Å²) >= 11 is 0.